The second-order valence-electron chi connectivity index (χ2n) is 6.38. The molecule has 1 atom stereocenters. The lowest BCUT2D eigenvalue weighted by molar-refractivity contribution is -0.133. The van der Waals surface area contributed by atoms with Crippen molar-refractivity contribution < 1.29 is 9.90 Å². The molecule has 3 rings (SSSR count). The maximum atomic E-state index is 12.7. The molecule has 1 unspecified atom stereocenters. The van der Waals surface area contributed by atoms with Crippen LogP contribution in [-0.2, 0) is 11.2 Å². The van der Waals surface area contributed by atoms with Crippen LogP contribution in [0.1, 0.15) is 37.7 Å². The fraction of sp³-hybridized carbons (Fsp3) is 0.588. The molecule has 120 valence electrons. The predicted molar refractivity (Wildman–Crippen MR) is 88.2 cm³/mol. The summed E-state index contributed by atoms with van der Waals surface area (Å²) in [5, 5.41) is 10.9. The Morgan fingerprint density at radius 2 is 1.73 bits per heavy atom. The molecule has 2 aliphatic rings. The maximum Gasteiger partial charge on any atom is 0.226 e. The van der Waals surface area contributed by atoms with Crippen LogP contribution in [0, 0.1) is 5.92 Å². The van der Waals surface area contributed by atoms with E-state index in [2.05, 4.69) is 0 Å². The molecule has 1 aromatic rings. The van der Waals surface area contributed by atoms with Gasteiger partial charge in [0.1, 0.15) is 0 Å². The Bertz CT molecular complexity index is 535. The summed E-state index contributed by atoms with van der Waals surface area (Å²) in [6, 6.07) is 5.76. The van der Waals surface area contributed by atoms with Crippen LogP contribution in [-0.4, -0.2) is 34.6 Å². The number of aliphatic hydroxyl groups excluding tert-OH is 1. The predicted octanol–water partition coefficient (Wildman–Crippen LogP) is 3.69. The highest BCUT2D eigenvalue weighted by Crippen LogP contribution is 2.33. The van der Waals surface area contributed by atoms with Gasteiger partial charge in [0.15, 0.2) is 0 Å². The molecule has 5 heteroatoms. The summed E-state index contributed by atoms with van der Waals surface area (Å²) in [5.74, 6) is 0.196. The second-order valence-corrected chi connectivity index (χ2v) is 7.20. The fourth-order valence-corrected chi connectivity index (χ4v) is 4.21. The van der Waals surface area contributed by atoms with Crippen LogP contribution >= 0.6 is 23.2 Å². The van der Waals surface area contributed by atoms with Gasteiger partial charge in [-0.25, -0.2) is 0 Å². The van der Waals surface area contributed by atoms with Crippen molar-refractivity contribution in [2.45, 2.75) is 50.7 Å². The van der Waals surface area contributed by atoms with Gasteiger partial charge in [0.2, 0.25) is 5.91 Å². The Morgan fingerprint density at radius 1 is 1.09 bits per heavy atom. The monoisotopic (exact) mass is 341 g/mol. The minimum Gasteiger partial charge on any atom is -0.393 e. The molecule has 22 heavy (non-hydrogen) atoms. The normalized spacial score (nSPS) is 29.1. The van der Waals surface area contributed by atoms with Gasteiger partial charge in [-0.3, -0.25) is 4.79 Å². The average molecular weight is 342 g/mol. The summed E-state index contributed by atoms with van der Waals surface area (Å²) >= 11 is 12.4. The number of nitrogens with zero attached hydrogens (tertiary/aromatic N) is 1. The van der Waals surface area contributed by atoms with Crippen LogP contribution in [0.2, 0.25) is 10.0 Å². The molecule has 1 amide bonds. The van der Waals surface area contributed by atoms with E-state index in [0.29, 0.717) is 22.5 Å². The molecule has 1 saturated heterocycles. The molecule has 1 heterocycles. The second kappa shape index (κ2) is 6.77. The van der Waals surface area contributed by atoms with Crippen molar-refractivity contribution in [3.05, 3.63) is 33.8 Å². The molecule has 3 nitrogen and oxygen atoms in total. The van der Waals surface area contributed by atoms with Gasteiger partial charge in [0.05, 0.1) is 6.10 Å². The molecule has 0 aromatic heterocycles. The lowest BCUT2D eigenvalue weighted by Crippen LogP contribution is -2.41. The van der Waals surface area contributed by atoms with Crippen LogP contribution in [0.25, 0.3) is 0 Å². The summed E-state index contributed by atoms with van der Waals surface area (Å²) < 4.78 is 0. The lowest BCUT2D eigenvalue weighted by Gasteiger charge is -2.33. The third-order valence-electron chi connectivity index (χ3n) is 4.97. The Balaban J connectivity index is 1.66. The SMILES string of the molecule is O=C1C(Cc2c(Cl)cccc2Cl)CCN1[C@H]1CC[C@H](O)CC1. The van der Waals surface area contributed by atoms with Crippen molar-refractivity contribution >= 4 is 29.1 Å². The van der Waals surface area contributed by atoms with Crippen molar-refractivity contribution in [2.75, 3.05) is 6.54 Å². The zero-order valence-corrected chi connectivity index (χ0v) is 14.0. The first-order valence-electron chi connectivity index (χ1n) is 7.97. The highest BCUT2D eigenvalue weighted by atomic mass is 35.5. The number of hydrogen-bond donors (Lipinski definition) is 1. The standard InChI is InChI=1S/C17H21Cl2NO2/c18-15-2-1-3-16(19)14(15)10-11-8-9-20(17(11)22)12-4-6-13(21)7-5-12/h1-3,11-13,21H,4-10H2/t11?,12-,13-. The van der Waals surface area contributed by atoms with E-state index in [4.69, 9.17) is 23.2 Å². The van der Waals surface area contributed by atoms with Crippen molar-refractivity contribution in [1.29, 1.82) is 0 Å². The number of likely N-dealkylation sites (tertiary alicyclic amines) is 1. The number of hydrogen-bond acceptors (Lipinski definition) is 2. The van der Waals surface area contributed by atoms with Gasteiger partial charge in [0.25, 0.3) is 0 Å². The third kappa shape index (κ3) is 3.27. The largest absolute Gasteiger partial charge is 0.393 e. The Labute approximate surface area is 141 Å². The Hall–Kier alpha value is -0.770. The van der Waals surface area contributed by atoms with E-state index in [0.717, 1.165) is 44.2 Å². The summed E-state index contributed by atoms with van der Waals surface area (Å²) in [6.07, 6.45) is 4.71. The van der Waals surface area contributed by atoms with Gasteiger partial charge in [-0.2, -0.15) is 0 Å². The zero-order valence-electron chi connectivity index (χ0n) is 12.5. The van der Waals surface area contributed by atoms with E-state index in [9.17, 15) is 9.90 Å². The van der Waals surface area contributed by atoms with E-state index in [1.807, 2.05) is 23.1 Å². The van der Waals surface area contributed by atoms with E-state index >= 15 is 0 Å². The van der Waals surface area contributed by atoms with Gasteiger partial charge < -0.3 is 10.0 Å². The fourth-order valence-electron chi connectivity index (χ4n) is 3.66. The summed E-state index contributed by atoms with van der Waals surface area (Å²) in [5.41, 5.74) is 0.880. The van der Waals surface area contributed by atoms with E-state index in [1.165, 1.54) is 0 Å². The number of amides is 1. The molecule has 0 spiro atoms. The van der Waals surface area contributed by atoms with Gasteiger partial charge in [-0.1, -0.05) is 29.3 Å². The molecule has 1 aliphatic carbocycles. The van der Waals surface area contributed by atoms with Gasteiger partial charge >= 0.3 is 0 Å². The third-order valence-corrected chi connectivity index (χ3v) is 5.68. The van der Waals surface area contributed by atoms with Crippen LogP contribution in [0.4, 0.5) is 0 Å². The van der Waals surface area contributed by atoms with Crippen molar-refractivity contribution in [2.24, 2.45) is 5.92 Å². The number of rotatable bonds is 3. The van der Waals surface area contributed by atoms with Crippen LogP contribution < -0.4 is 0 Å². The molecular formula is C17H21Cl2NO2. The topological polar surface area (TPSA) is 40.5 Å². The van der Waals surface area contributed by atoms with Crippen LogP contribution in [0.3, 0.4) is 0 Å². The summed E-state index contributed by atoms with van der Waals surface area (Å²) in [4.78, 5) is 14.7. The number of halogens is 2. The first kappa shape index (κ1) is 16.1. The smallest absolute Gasteiger partial charge is 0.226 e. The zero-order chi connectivity index (χ0) is 15.7. The van der Waals surface area contributed by atoms with Crippen molar-refractivity contribution in [3.63, 3.8) is 0 Å². The van der Waals surface area contributed by atoms with E-state index in [1.54, 1.807) is 0 Å². The highest BCUT2D eigenvalue weighted by Gasteiger charge is 2.37. The summed E-state index contributed by atoms with van der Waals surface area (Å²) in [7, 11) is 0. The van der Waals surface area contributed by atoms with Crippen LogP contribution in [0.5, 0.6) is 0 Å². The summed E-state index contributed by atoms with van der Waals surface area (Å²) in [6.45, 7) is 0.812. The first-order valence-corrected chi connectivity index (χ1v) is 8.73. The van der Waals surface area contributed by atoms with Crippen molar-refractivity contribution in [3.8, 4) is 0 Å². The average Bonchev–Trinajstić information content (AvgIpc) is 2.85. The van der Waals surface area contributed by atoms with Gasteiger partial charge in [-0.15, -0.1) is 0 Å². The molecule has 1 aromatic carbocycles. The van der Waals surface area contributed by atoms with Crippen LogP contribution in [0.15, 0.2) is 18.2 Å². The number of benzene rings is 1. The molecular weight excluding hydrogens is 321 g/mol. The van der Waals surface area contributed by atoms with Gasteiger partial charge in [-0.05, 0) is 56.2 Å². The van der Waals surface area contributed by atoms with E-state index in [-0.39, 0.29) is 17.9 Å². The molecule has 1 saturated carbocycles. The molecule has 1 N–H and O–H groups in total. The molecule has 0 bridgehead atoms. The number of carbonyl (C=O) groups is 1. The first-order chi connectivity index (χ1) is 10.6. The Kier molecular flexibility index (Phi) is 4.96. The molecule has 2 fully saturated rings. The molecule has 0 radical (unpaired) electrons. The number of aliphatic hydroxyl groups is 1. The van der Waals surface area contributed by atoms with Gasteiger partial charge in [0, 0.05) is 28.5 Å². The maximum absolute atomic E-state index is 12.7. The Morgan fingerprint density at radius 3 is 2.36 bits per heavy atom. The minimum atomic E-state index is -0.188. The minimum absolute atomic E-state index is 0.0238. The van der Waals surface area contributed by atoms with E-state index < -0.39 is 0 Å². The lowest BCUT2D eigenvalue weighted by atomic mass is 9.92. The highest BCUT2D eigenvalue weighted by molar-refractivity contribution is 6.36. The van der Waals surface area contributed by atoms with Crippen molar-refractivity contribution in [1.82, 2.24) is 4.90 Å². The quantitative estimate of drug-likeness (QED) is 0.910. The number of carbonyl (C=O) groups excluding carboxylic acids is 1. The molecule has 1 aliphatic heterocycles.